The van der Waals surface area contributed by atoms with Gasteiger partial charge in [-0.25, -0.2) is 0 Å². The van der Waals surface area contributed by atoms with Gasteiger partial charge in [-0.3, -0.25) is 4.79 Å². The lowest BCUT2D eigenvalue weighted by atomic mass is 9.82. The van der Waals surface area contributed by atoms with Crippen molar-refractivity contribution in [3.05, 3.63) is 12.2 Å². The highest BCUT2D eigenvalue weighted by atomic mass is 32.2. The maximum atomic E-state index is 10.5. The van der Waals surface area contributed by atoms with Crippen LogP contribution in [0.15, 0.2) is 12.2 Å². The molecule has 152 valence electrons. The molecular weight excluding hydrogens is 348 g/mol. The molecule has 4 atom stereocenters. The lowest BCUT2D eigenvalue weighted by Gasteiger charge is -2.26. The summed E-state index contributed by atoms with van der Waals surface area (Å²) in [6, 6.07) is 0. The van der Waals surface area contributed by atoms with Crippen LogP contribution in [0.2, 0.25) is 0 Å². The Balaban J connectivity index is 2.38. The van der Waals surface area contributed by atoms with E-state index in [-0.39, 0.29) is 23.2 Å². The topological polar surface area (TPSA) is 77.8 Å². The third kappa shape index (κ3) is 9.43. The van der Waals surface area contributed by atoms with Gasteiger partial charge in [0.1, 0.15) is 0 Å². The van der Waals surface area contributed by atoms with Gasteiger partial charge in [0.15, 0.2) is 0 Å². The Labute approximate surface area is 163 Å². The lowest BCUT2D eigenvalue weighted by molar-refractivity contribution is -0.133. The zero-order chi connectivity index (χ0) is 19.6. The van der Waals surface area contributed by atoms with Crippen LogP contribution in [0.1, 0.15) is 72.1 Å². The molecule has 0 aromatic rings. The normalized spacial score (nSPS) is 25.0. The summed E-state index contributed by atoms with van der Waals surface area (Å²) in [5.74, 6) is 0.893. The molecule has 0 amide bonds. The molecule has 0 aromatic carbocycles. The van der Waals surface area contributed by atoms with Crippen molar-refractivity contribution in [1.82, 2.24) is 0 Å². The van der Waals surface area contributed by atoms with Gasteiger partial charge in [-0.15, -0.1) is 0 Å². The van der Waals surface area contributed by atoms with Crippen LogP contribution in [-0.2, 0) is 4.79 Å². The number of carbonyl (C=O) groups is 1. The van der Waals surface area contributed by atoms with Gasteiger partial charge in [0, 0.05) is 0 Å². The van der Waals surface area contributed by atoms with E-state index >= 15 is 0 Å². The van der Waals surface area contributed by atoms with Crippen molar-refractivity contribution in [2.45, 2.75) is 84.3 Å². The van der Waals surface area contributed by atoms with Crippen molar-refractivity contribution in [3.63, 3.8) is 0 Å². The van der Waals surface area contributed by atoms with E-state index in [1.807, 2.05) is 6.08 Å². The van der Waals surface area contributed by atoms with Gasteiger partial charge in [0.2, 0.25) is 0 Å². The first-order valence-corrected chi connectivity index (χ1v) is 11.2. The van der Waals surface area contributed by atoms with Crippen molar-refractivity contribution >= 4 is 17.7 Å². The number of hydrogen-bond acceptors (Lipinski definition) is 4. The quantitative estimate of drug-likeness (QED) is 0.321. The Bertz CT molecular complexity index is 436. The second kappa shape index (κ2) is 12.0. The SMILES string of the molecule is CCCC(C)(C)CC(O)C=C[C@H]1CC[C@H](O)[C@@H]1CCCCSCC(=O)O. The standard InChI is InChI=1S/C21H38O4S/c1-4-12-21(2,3)14-17(22)10-8-16-9-11-19(23)18(16)7-5-6-13-26-15-20(24)25/h8,10,16-19,22-23H,4-7,9,11-15H2,1-3H3,(H,24,25)/t16-,17?,18+,19-/m0/s1. The Morgan fingerprint density at radius 3 is 2.69 bits per heavy atom. The molecule has 0 aromatic heterocycles. The molecule has 0 aliphatic heterocycles. The summed E-state index contributed by atoms with van der Waals surface area (Å²) < 4.78 is 0. The number of carboxylic acid groups (broad SMARTS) is 1. The van der Waals surface area contributed by atoms with Crippen molar-refractivity contribution in [2.24, 2.45) is 17.3 Å². The molecule has 0 heterocycles. The van der Waals surface area contributed by atoms with Gasteiger partial charge < -0.3 is 15.3 Å². The van der Waals surface area contributed by atoms with Gasteiger partial charge in [0.05, 0.1) is 18.0 Å². The minimum atomic E-state index is -0.757. The maximum Gasteiger partial charge on any atom is 0.313 e. The number of unbranched alkanes of at least 4 members (excludes halogenated alkanes) is 1. The summed E-state index contributed by atoms with van der Waals surface area (Å²) in [4.78, 5) is 10.5. The van der Waals surface area contributed by atoms with E-state index < -0.39 is 12.1 Å². The fraction of sp³-hybridized carbons (Fsp3) is 0.857. The van der Waals surface area contributed by atoms with Crippen LogP contribution in [0.3, 0.4) is 0 Å². The predicted octanol–water partition coefficient (Wildman–Crippen LogP) is 4.50. The van der Waals surface area contributed by atoms with Gasteiger partial charge in [-0.1, -0.05) is 45.8 Å². The highest BCUT2D eigenvalue weighted by Gasteiger charge is 2.32. The number of thioether (sulfide) groups is 1. The molecule has 1 aliphatic carbocycles. The molecule has 5 heteroatoms. The summed E-state index contributed by atoms with van der Waals surface area (Å²) in [5, 5.41) is 29.3. The highest BCUT2D eigenvalue weighted by molar-refractivity contribution is 7.99. The summed E-state index contributed by atoms with van der Waals surface area (Å²) in [6.07, 6.45) is 11.2. The Morgan fingerprint density at radius 1 is 1.31 bits per heavy atom. The summed E-state index contributed by atoms with van der Waals surface area (Å²) in [6.45, 7) is 6.59. The maximum absolute atomic E-state index is 10.5. The van der Waals surface area contributed by atoms with Gasteiger partial charge in [0.25, 0.3) is 0 Å². The Kier molecular flexibility index (Phi) is 10.9. The summed E-state index contributed by atoms with van der Waals surface area (Å²) in [7, 11) is 0. The Morgan fingerprint density at radius 2 is 2.04 bits per heavy atom. The van der Waals surface area contributed by atoms with Crippen LogP contribution in [0, 0.1) is 17.3 Å². The zero-order valence-corrected chi connectivity index (χ0v) is 17.5. The molecule has 0 saturated heterocycles. The van der Waals surface area contributed by atoms with Gasteiger partial charge >= 0.3 is 5.97 Å². The van der Waals surface area contributed by atoms with Crippen molar-refractivity contribution in [3.8, 4) is 0 Å². The number of aliphatic carboxylic acids is 1. The largest absolute Gasteiger partial charge is 0.481 e. The monoisotopic (exact) mass is 386 g/mol. The first-order valence-electron chi connectivity index (χ1n) is 10.1. The molecule has 0 radical (unpaired) electrons. The molecular formula is C21H38O4S. The van der Waals surface area contributed by atoms with E-state index in [1.54, 1.807) is 0 Å². The predicted molar refractivity (Wildman–Crippen MR) is 109 cm³/mol. The fourth-order valence-electron chi connectivity index (χ4n) is 4.15. The second-order valence-electron chi connectivity index (χ2n) is 8.49. The Hall–Kier alpha value is -0.520. The van der Waals surface area contributed by atoms with Crippen LogP contribution >= 0.6 is 11.8 Å². The number of aliphatic hydroxyl groups is 2. The van der Waals surface area contributed by atoms with Gasteiger partial charge in [-0.05, 0) is 61.5 Å². The van der Waals surface area contributed by atoms with Crippen molar-refractivity contribution in [2.75, 3.05) is 11.5 Å². The van der Waals surface area contributed by atoms with Crippen LogP contribution < -0.4 is 0 Å². The molecule has 3 N–H and O–H groups in total. The van der Waals surface area contributed by atoms with E-state index in [9.17, 15) is 15.0 Å². The number of carboxylic acids is 1. The molecule has 1 fully saturated rings. The van der Waals surface area contributed by atoms with E-state index in [1.165, 1.54) is 11.8 Å². The molecule has 1 saturated carbocycles. The third-order valence-corrected chi connectivity index (χ3v) is 6.44. The van der Waals surface area contributed by atoms with Gasteiger partial charge in [-0.2, -0.15) is 11.8 Å². The van der Waals surface area contributed by atoms with E-state index in [4.69, 9.17) is 5.11 Å². The number of rotatable bonds is 13. The number of aliphatic hydroxyl groups excluding tert-OH is 2. The average Bonchev–Trinajstić information content (AvgIpc) is 2.88. The molecule has 26 heavy (non-hydrogen) atoms. The molecule has 1 rings (SSSR count). The van der Waals surface area contributed by atoms with E-state index in [2.05, 4.69) is 26.8 Å². The zero-order valence-electron chi connectivity index (χ0n) is 16.7. The average molecular weight is 387 g/mol. The first kappa shape index (κ1) is 23.5. The number of hydrogen-bond donors (Lipinski definition) is 3. The summed E-state index contributed by atoms with van der Waals surface area (Å²) in [5.41, 5.74) is 0.153. The minimum absolute atomic E-state index is 0.153. The fourth-order valence-corrected chi connectivity index (χ4v) is 4.88. The number of allylic oxidation sites excluding steroid dienone is 1. The molecule has 4 nitrogen and oxygen atoms in total. The van der Waals surface area contributed by atoms with Crippen LogP contribution in [-0.4, -0.2) is 45.0 Å². The van der Waals surface area contributed by atoms with Crippen LogP contribution in [0.5, 0.6) is 0 Å². The summed E-state index contributed by atoms with van der Waals surface area (Å²) >= 11 is 1.46. The molecule has 1 aliphatic rings. The highest BCUT2D eigenvalue weighted by Crippen LogP contribution is 2.37. The molecule has 1 unspecified atom stereocenters. The first-order chi connectivity index (χ1) is 12.2. The van der Waals surface area contributed by atoms with Crippen molar-refractivity contribution < 1.29 is 20.1 Å². The van der Waals surface area contributed by atoms with E-state index in [0.29, 0.717) is 5.92 Å². The molecule has 0 spiro atoms. The minimum Gasteiger partial charge on any atom is -0.481 e. The van der Waals surface area contributed by atoms with Crippen LogP contribution in [0.25, 0.3) is 0 Å². The van der Waals surface area contributed by atoms with Crippen LogP contribution in [0.4, 0.5) is 0 Å². The third-order valence-electron chi connectivity index (χ3n) is 5.41. The van der Waals surface area contributed by atoms with E-state index in [0.717, 1.165) is 57.1 Å². The molecule has 0 bridgehead atoms. The smallest absolute Gasteiger partial charge is 0.313 e. The van der Waals surface area contributed by atoms with Crippen molar-refractivity contribution in [1.29, 1.82) is 0 Å². The second-order valence-corrected chi connectivity index (χ2v) is 9.59. The lowest BCUT2D eigenvalue weighted by Crippen LogP contribution is -2.20.